The van der Waals surface area contributed by atoms with Crippen LogP contribution in [0.25, 0.3) is 0 Å². The number of carbonyl (C=O) groups is 1. The first-order valence-corrected chi connectivity index (χ1v) is 7.63. The second-order valence-corrected chi connectivity index (χ2v) is 5.84. The molecule has 1 amide bonds. The average Bonchev–Trinajstić information content (AvgIpc) is 2.76. The van der Waals surface area contributed by atoms with Gasteiger partial charge in [0.15, 0.2) is 5.60 Å². The molecule has 0 aliphatic carbocycles. The van der Waals surface area contributed by atoms with Crippen molar-refractivity contribution in [3.05, 3.63) is 34.3 Å². The van der Waals surface area contributed by atoms with Gasteiger partial charge in [-0.15, -0.1) is 0 Å². The first-order valence-electron chi connectivity index (χ1n) is 6.84. The van der Waals surface area contributed by atoms with Crippen molar-refractivity contribution in [2.45, 2.75) is 45.3 Å². The third kappa shape index (κ3) is 2.87. The highest BCUT2D eigenvalue weighted by molar-refractivity contribution is 9.10. The molecular weight excluding hydrogens is 320 g/mol. The highest BCUT2D eigenvalue weighted by atomic mass is 79.9. The van der Waals surface area contributed by atoms with Crippen LogP contribution in [0.4, 0.5) is 0 Å². The summed E-state index contributed by atoms with van der Waals surface area (Å²) in [5.74, 6) is -0.0933. The summed E-state index contributed by atoms with van der Waals surface area (Å²) in [6, 6.07) is 8.22. The lowest BCUT2D eigenvalue weighted by atomic mass is 9.97. The molecule has 1 aromatic rings. The number of benzene rings is 1. The van der Waals surface area contributed by atoms with Gasteiger partial charge in [0.1, 0.15) is 0 Å². The Balaban J connectivity index is 2.16. The highest BCUT2D eigenvalue weighted by Gasteiger charge is 2.44. The maximum absolute atomic E-state index is 12.0. The number of aliphatic imine (C=N–C) groups is 1. The molecule has 1 aliphatic rings. The summed E-state index contributed by atoms with van der Waals surface area (Å²) in [5, 5.41) is 2.74. The van der Waals surface area contributed by atoms with Crippen molar-refractivity contribution >= 4 is 27.9 Å². The predicted octanol–water partition coefficient (Wildman–Crippen LogP) is 3.57. The molecule has 5 heteroatoms. The number of hydrogen-bond donors (Lipinski definition) is 1. The normalized spacial score (nSPS) is 20.6. The molecule has 1 aliphatic heterocycles. The van der Waals surface area contributed by atoms with Gasteiger partial charge in [-0.1, -0.05) is 41.9 Å². The molecule has 0 spiro atoms. The lowest BCUT2D eigenvalue weighted by molar-refractivity contribution is -0.131. The van der Waals surface area contributed by atoms with E-state index in [1.165, 1.54) is 0 Å². The van der Waals surface area contributed by atoms with Gasteiger partial charge in [0.2, 0.25) is 0 Å². The Bertz CT molecular complexity index is 521. The van der Waals surface area contributed by atoms with Crippen molar-refractivity contribution in [1.29, 1.82) is 0 Å². The number of halogens is 1. The van der Waals surface area contributed by atoms with Crippen molar-refractivity contribution in [3.63, 3.8) is 0 Å². The molecule has 1 heterocycles. The second-order valence-electron chi connectivity index (χ2n) is 4.92. The lowest BCUT2D eigenvalue weighted by Crippen LogP contribution is -2.37. The van der Waals surface area contributed by atoms with E-state index >= 15 is 0 Å². The standard InChI is InChI=1S/C15H19BrN2O2/c1-4-15(5-2)13(19)18-14(20-15)17-10(3)11-6-8-12(16)9-7-11/h6-10H,4-5H2,1-3H3,(H,17,18,19)/t10-/m0/s1. The van der Waals surface area contributed by atoms with Crippen LogP contribution < -0.4 is 5.32 Å². The van der Waals surface area contributed by atoms with E-state index in [4.69, 9.17) is 4.74 Å². The fourth-order valence-electron chi connectivity index (χ4n) is 2.23. The molecule has 1 atom stereocenters. The van der Waals surface area contributed by atoms with E-state index in [0.717, 1.165) is 10.0 Å². The van der Waals surface area contributed by atoms with E-state index in [9.17, 15) is 4.79 Å². The molecule has 1 N–H and O–H groups in total. The minimum absolute atomic E-state index is 0.0667. The van der Waals surface area contributed by atoms with Crippen LogP contribution in [0.15, 0.2) is 33.7 Å². The number of amides is 1. The van der Waals surface area contributed by atoms with E-state index < -0.39 is 5.60 Å². The van der Waals surface area contributed by atoms with Crippen LogP contribution in [0.5, 0.6) is 0 Å². The molecule has 0 bridgehead atoms. The third-order valence-corrected chi connectivity index (χ3v) is 4.26. The Morgan fingerprint density at radius 1 is 1.30 bits per heavy atom. The zero-order chi connectivity index (χ0) is 14.8. The van der Waals surface area contributed by atoms with E-state index in [0.29, 0.717) is 18.9 Å². The van der Waals surface area contributed by atoms with Crippen LogP contribution in [0, 0.1) is 0 Å². The number of hydrogen-bond acceptors (Lipinski definition) is 3. The smallest absolute Gasteiger partial charge is 0.293 e. The average molecular weight is 339 g/mol. The van der Waals surface area contributed by atoms with Gasteiger partial charge in [-0.05, 0) is 37.5 Å². The molecule has 20 heavy (non-hydrogen) atoms. The van der Waals surface area contributed by atoms with Crippen LogP contribution in [0.2, 0.25) is 0 Å². The number of amidine groups is 1. The lowest BCUT2D eigenvalue weighted by Gasteiger charge is -2.21. The topological polar surface area (TPSA) is 50.7 Å². The van der Waals surface area contributed by atoms with Gasteiger partial charge in [-0.25, -0.2) is 4.99 Å². The van der Waals surface area contributed by atoms with E-state index in [2.05, 4.69) is 26.2 Å². The summed E-state index contributed by atoms with van der Waals surface area (Å²) in [6.07, 6.45) is 1.28. The minimum Gasteiger partial charge on any atom is -0.448 e. The number of rotatable bonds is 4. The summed E-state index contributed by atoms with van der Waals surface area (Å²) in [7, 11) is 0. The SMILES string of the molecule is CCC1(CC)OC(=N[C@@H](C)c2ccc(Br)cc2)NC1=O. The molecule has 2 rings (SSSR count). The molecular formula is C15H19BrN2O2. The molecule has 1 fully saturated rings. The zero-order valence-electron chi connectivity index (χ0n) is 11.9. The molecule has 108 valence electrons. The van der Waals surface area contributed by atoms with Gasteiger partial charge < -0.3 is 4.74 Å². The van der Waals surface area contributed by atoms with Crippen molar-refractivity contribution < 1.29 is 9.53 Å². The van der Waals surface area contributed by atoms with Crippen molar-refractivity contribution in [3.8, 4) is 0 Å². The Kier molecular flexibility index (Phi) is 4.48. The maximum Gasteiger partial charge on any atom is 0.293 e. The zero-order valence-corrected chi connectivity index (χ0v) is 13.5. The van der Waals surface area contributed by atoms with Crippen LogP contribution in [0.3, 0.4) is 0 Å². The van der Waals surface area contributed by atoms with Gasteiger partial charge in [0, 0.05) is 4.47 Å². The Morgan fingerprint density at radius 2 is 1.90 bits per heavy atom. The summed E-state index contributed by atoms with van der Waals surface area (Å²) >= 11 is 3.41. The number of nitrogens with one attached hydrogen (secondary N) is 1. The number of ether oxygens (including phenoxy) is 1. The van der Waals surface area contributed by atoms with Crippen LogP contribution in [-0.2, 0) is 9.53 Å². The van der Waals surface area contributed by atoms with E-state index in [-0.39, 0.29) is 11.9 Å². The maximum atomic E-state index is 12.0. The number of carbonyl (C=O) groups excluding carboxylic acids is 1. The molecule has 4 nitrogen and oxygen atoms in total. The van der Waals surface area contributed by atoms with Crippen molar-refractivity contribution in [1.82, 2.24) is 5.32 Å². The highest BCUT2D eigenvalue weighted by Crippen LogP contribution is 2.27. The summed E-state index contributed by atoms with van der Waals surface area (Å²) in [5.41, 5.74) is 0.321. The summed E-state index contributed by atoms with van der Waals surface area (Å²) in [4.78, 5) is 16.5. The summed E-state index contributed by atoms with van der Waals surface area (Å²) < 4.78 is 6.79. The monoisotopic (exact) mass is 338 g/mol. The van der Waals surface area contributed by atoms with Crippen LogP contribution in [-0.4, -0.2) is 17.5 Å². The first-order chi connectivity index (χ1) is 9.50. The largest absolute Gasteiger partial charge is 0.448 e. The molecule has 0 saturated carbocycles. The molecule has 0 unspecified atom stereocenters. The number of nitrogens with zero attached hydrogens (tertiary/aromatic N) is 1. The van der Waals surface area contributed by atoms with Gasteiger partial charge in [0.25, 0.3) is 11.9 Å². The molecule has 0 radical (unpaired) electrons. The Morgan fingerprint density at radius 3 is 2.40 bits per heavy atom. The quantitative estimate of drug-likeness (QED) is 0.912. The van der Waals surface area contributed by atoms with Gasteiger partial charge in [0.05, 0.1) is 6.04 Å². The van der Waals surface area contributed by atoms with Gasteiger partial charge in [-0.3, -0.25) is 10.1 Å². The van der Waals surface area contributed by atoms with Gasteiger partial charge in [-0.2, -0.15) is 0 Å². The summed E-state index contributed by atoms with van der Waals surface area (Å²) in [6.45, 7) is 5.87. The predicted molar refractivity (Wildman–Crippen MR) is 82.5 cm³/mol. The van der Waals surface area contributed by atoms with E-state index in [1.807, 2.05) is 45.0 Å². The molecule has 1 saturated heterocycles. The van der Waals surface area contributed by atoms with Crippen molar-refractivity contribution in [2.75, 3.05) is 0 Å². The first kappa shape index (κ1) is 15.0. The fourth-order valence-corrected chi connectivity index (χ4v) is 2.50. The van der Waals surface area contributed by atoms with Crippen molar-refractivity contribution in [2.24, 2.45) is 4.99 Å². The van der Waals surface area contributed by atoms with Crippen LogP contribution in [0.1, 0.15) is 45.2 Å². The Labute approximate surface area is 127 Å². The fraction of sp³-hybridized carbons (Fsp3) is 0.467. The molecule has 0 aromatic heterocycles. The molecule has 1 aromatic carbocycles. The third-order valence-electron chi connectivity index (χ3n) is 3.73. The van der Waals surface area contributed by atoms with Gasteiger partial charge >= 0.3 is 0 Å². The van der Waals surface area contributed by atoms with E-state index in [1.54, 1.807) is 0 Å². The Hall–Kier alpha value is -1.36. The minimum atomic E-state index is -0.752. The van der Waals surface area contributed by atoms with Crippen LogP contribution >= 0.6 is 15.9 Å². The second kappa shape index (κ2) is 5.95.